The van der Waals surface area contributed by atoms with Crippen molar-refractivity contribution in [3.8, 4) is 28.6 Å². The Bertz CT molecular complexity index is 1090. The lowest BCUT2D eigenvalue weighted by molar-refractivity contribution is -0.149. The second-order valence-corrected chi connectivity index (χ2v) is 9.23. The van der Waals surface area contributed by atoms with Gasteiger partial charge in [-0.2, -0.15) is 0 Å². The van der Waals surface area contributed by atoms with Crippen molar-refractivity contribution in [3.05, 3.63) is 23.9 Å². The first-order chi connectivity index (χ1) is 18.0. The Balaban J connectivity index is 1.71. The van der Waals surface area contributed by atoms with E-state index in [0.717, 1.165) is 45.2 Å². The minimum absolute atomic E-state index is 0.161. The minimum atomic E-state index is -0.310. The number of likely N-dealkylation sites (tertiary alicyclic amines) is 1. The molecule has 2 saturated heterocycles. The predicted octanol–water partition coefficient (Wildman–Crippen LogP) is 3.58. The summed E-state index contributed by atoms with van der Waals surface area (Å²) < 4.78 is 21.7. The molecule has 1 atom stereocenters. The highest BCUT2D eigenvalue weighted by Crippen LogP contribution is 2.41. The van der Waals surface area contributed by atoms with Crippen LogP contribution >= 0.6 is 0 Å². The van der Waals surface area contributed by atoms with Gasteiger partial charge in [0.05, 0.1) is 33.9 Å². The molecule has 0 spiro atoms. The van der Waals surface area contributed by atoms with Crippen LogP contribution in [0.5, 0.6) is 17.2 Å². The summed E-state index contributed by atoms with van der Waals surface area (Å²) in [6.45, 7) is 4.68. The second-order valence-electron chi connectivity index (χ2n) is 9.23. The predicted molar refractivity (Wildman–Crippen MR) is 138 cm³/mol. The van der Waals surface area contributed by atoms with Gasteiger partial charge in [-0.05, 0) is 51.2 Å². The number of aromatic nitrogens is 2. The molecule has 200 valence electrons. The zero-order valence-corrected chi connectivity index (χ0v) is 22.1. The Morgan fingerprint density at radius 2 is 1.68 bits per heavy atom. The summed E-state index contributed by atoms with van der Waals surface area (Å²) in [5, 5.41) is 0. The van der Waals surface area contributed by atoms with E-state index in [2.05, 4.69) is 9.88 Å². The molecule has 2 fully saturated rings. The highest BCUT2D eigenvalue weighted by molar-refractivity contribution is 5.99. The minimum Gasteiger partial charge on any atom is -0.493 e. The molecule has 1 unspecified atom stereocenters. The van der Waals surface area contributed by atoms with E-state index >= 15 is 0 Å². The molecule has 3 heterocycles. The van der Waals surface area contributed by atoms with Gasteiger partial charge in [0.1, 0.15) is 11.4 Å². The fraction of sp³-hybridized carbons (Fsp3) is 0.556. The molecule has 2 aromatic rings. The zero-order chi connectivity index (χ0) is 26.4. The van der Waals surface area contributed by atoms with Gasteiger partial charge in [0.2, 0.25) is 5.75 Å². The Hall–Kier alpha value is -3.56. The van der Waals surface area contributed by atoms with Crippen molar-refractivity contribution in [1.29, 1.82) is 0 Å². The summed E-state index contributed by atoms with van der Waals surface area (Å²) in [4.78, 5) is 39.4. The lowest BCUT2D eigenvalue weighted by Gasteiger charge is -2.33. The molecule has 4 rings (SSSR count). The van der Waals surface area contributed by atoms with Crippen LogP contribution in [0.1, 0.15) is 49.4 Å². The molecular formula is C27H36N4O6. The van der Waals surface area contributed by atoms with Crippen molar-refractivity contribution in [2.75, 3.05) is 59.0 Å². The Labute approximate surface area is 217 Å². The Kier molecular flexibility index (Phi) is 8.68. The third-order valence-electron chi connectivity index (χ3n) is 6.91. The highest BCUT2D eigenvalue weighted by Gasteiger charge is 2.32. The molecule has 0 aliphatic carbocycles. The summed E-state index contributed by atoms with van der Waals surface area (Å²) in [6.07, 6.45) is 6.29. The first-order valence-corrected chi connectivity index (χ1v) is 12.9. The number of methoxy groups -OCH3 is 3. The van der Waals surface area contributed by atoms with E-state index in [-0.39, 0.29) is 17.8 Å². The van der Waals surface area contributed by atoms with Crippen LogP contribution in [0.2, 0.25) is 0 Å². The number of esters is 1. The topological polar surface area (TPSA) is 103 Å². The zero-order valence-electron chi connectivity index (χ0n) is 22.1. The average molecular weight is 513 g/mol. The normalized spacial score (nSPS) is 17.8. The number of hydrogen-bond donors (Lipinski definition) is 0. The first-order valence-electron chi connectivity index (χ1n) is 12.9. The summed E-state index contributed by atoms with van der Waals surface area (Å²) in [7, 11) is 4.68. The molecular weight excluding hydrogens is 476 g/mol. The molecule has 0 bridgehead atoms. The number of rotatable bonds is 8. The van der Waals surface area contributed by atoms with E-state index in [1.807, 2.05) is 0 Å². The van der Waals surface area contributed by atoms with E-state index in [1.165, 1.54) is 0 Å². The van der Waals surface area contributed by atoms with Crippen molar-refractivity contribution in [2.45, 2.75) is 39.0 Å². The van der Waals surface area contributed by atoms with Crippen molar-refractivity contribution >= 4 is 17.7 Å². The van der Waals surface area contributed by atoms with Gasteiger partial charge in [-0.15, -0.1) is 0 Å². The van der Waals surface area contributed by atoms with Crippen molar-refractivity contribution < 1.29 is 28.5 Å². The van der Waals surface area contributed by atoms with Crippen LogP contribution in [0.15, 0.2) is 18.3 Å². The van der Waals surface area contributed by atoms with Crippen LogP contribution in [0.3, 0.4) is 0 Å². The maximum atomic E-state index is 13.7. The summed E-state index contributed by atoms with van der Waals surface area (Å²) in [6, 6.07) is 3.60. The first kappa shape index (κ1) is 26.5. The van der Waals surface area contributed by atoms with Gasteiger partial charge < -0.3 is 28.7 Å². The van der Waals surface area contributed by atoms with Crippen LogP contribution in [0.25, 0.3) is 11.4 Å². The summed E-state index contributed by atoms with van der Waals surface area (Å²) in [5.41, 5.74) is 1.13. The van der Waals surface area contributed by atoms with Gasteiger partial charge in [0.15, 0.2) is 17.3 Å². The molecule has 10 heteroatoms. The van der Waals surface area contributed by atoms with Crippen molar-refractivity contribution in [3.63, 3.8) is 0 Å². The van der Waals surface area contributed by atoms with Crippen molar-refractivity contribution in [1.82, 2.24) is 14.9 Å². The highest BCUT2D eigenvalue weighted by atomic mass is 16.5. The molecule has 10 nitrogen and oxygen atoms in total. The largest absolute Gasteiger partial charge is 0.493 e. The molecule has 37 heavy (non-hydrogen) atoms. The van der Waals surface area contributed by atoms with E-state index in [0.29, 0.717) is 59.7 Å². The summed E-state index contributed by atoms with van der Waals surface area (Å²) >= 11 is 0. The number of carbonyl (C=O) groups is 2. The maximum absolute atomic E-state index is 13.7. The Morgan fingerprint density at radius 1 is 0.973 bits per heavy atom. The molecule has 2 aliphatic heterocycles. The quantitative estimate of drug-likeness (QED) is 0.491. The second kappa shape index (κ2) is 12.1. The van der Waals surface area contributed by atoms with Gasteiger partial charge in [-0.3, -0.25) is 9.59 Å². The van der Waals surface area contributed by atoms with Crippen LogP contribution in [-0.4, -0.2) is 80.9 Å². The van der Waals surface area contributed by atoms with Crippen LogP contribution < -0.4 is 19.1 Å². The standard InChI is InChI=1S/C27H36N4O6/c1-5-37-27(33)18-10-9-13-31(17-18)26(32)20-16-28-24(29-25(20)30-11-7-6-8-12-30)19-14-21(34-2)23(36-4)22(15-19)35-3/h14-16,18H,5-13,17H2,1-4H3. The van der Waals surface area contributed by atoms with Gasteiger partial charge in [0.25, 0.3) is 5.91 Å². The molecule has 0 N–H and O–H groups in total. The smallest absolute Gasteiger partial charge is 0.310 e. The lowest BCUT2D eigenvalue weighted by Crippen LogP contribution is -2.43. The number of ether oxygens (including phenoxy) is 4. The third kappa shape index (κ3) is 5.73. The molecule has 0 radical (unpaired) electrons. The number of nitrogens with zero attached hydrogens (tertiary/aromatic N) is 4. The van der Waals surface area contributed by atoms with Gasteiger partial charge >= 0.3 is 5.97 Å². The number of amides is 1. The van der Waals surface area contributed by atoms with Crippen molar-refractivity contribution in [2.24, 2.45) is 5.92 Å². The number of carbonyl (C=O) groups excluding carboxylic acids is 2. The molecule has 1 aromatic heterocycles. The number of piperidine rings is 2. The van der Waals surface area contributed by atoms with Crippen LogP contribution in [0.4, 0.5) is 5.82 Å². The van der Waals surface area contributed by atoms with E-state index in [4.69, 9.17) is 23.9 Å². The fourth-order valence-corrected chi connectivity index (χ4v) is 5.00. The van der Waals surface area contributed by atoms with Crippen LogP contribution in [-0.2, 0) is 9.53 Å². The monoisotopic (exact) mass is 512 g/mol. The number of hydrogen-bond acceptors (Lipinski definition) is 9. The van der Waals surface area contributed by atoms with Crippen LogP contribution in [0, 0.1) is 5.92 Å². The average Bonchev–Trinajstić information content (AvgIpc) is 2.96. The number of anilines is 1. The summed E-state index contributed by atoms with van der Waals surface area (Å²) in [5.74, 6) is 1.84. The lowest BCUT2D eigenvalue weighted by atomic mass is 9.97. The van der Waals surface area contributed by atoms with E-state index in [9.17, 15) is 9.59 Å². The molecule has 2 aliphatic rings. The molecule has 1 aromatic carbocycles. The fourth-order valence-electron chi connectivity index (χ4n) is 5.00. The SMILES string of the molecule is CCOC(=O)C1CCCN(C(=O)c2cnc(-c3cc(OC)c(OC)c(OC)c3)nc2N2CCCCC2)C1. The number of benzene rings is 1. The molecule has 0 saturated carbocycles. The van der Waals surface area contributed by atoms with E-state index < -0.39 is 0 Å². The third-order valence-corrected chi connectivity index (χ3v) is 6.91. The van der Waals surface area contributed by atoms with Gasteiger partial charge in [-0.1, -0.05) is 0 Å². The maximum Gasteiger partial charge on any atom is 0.310 e. The van der Waals surface area contributed by atoms with Gasteiger partial charge in [-0.25, -0.2) is 9.97 Å². The molecule has 1 amide bonds. The Morgan fingerprint density at radius 3 is 2.30 bits per heavy atom. The van der Waals surface area contributed by atoms with Gasteiger partial charge in [0, 0.05) is 37.9 Å². The van der Waals surface area contributed by atoms with E-state index in [1.54, 1.807) is 51.5 Å².